The Kier molecular flexibility index (Phi) is 2.23. The Bertz CT molecular complexity index is 533. The average molecular weight is 216 g/mol. The molecule has 0 radical (unpaired) electrons. The summed E-state index contributed by atoms with van der Waals surface area (Å²) in [6.07, 6.45) is 5.21. The van der Waals surface area contributed by atoms with Crippen molar-refractivity contribution >= 4 is 11.0 Å². The standard InChI is InChI=1S/C12H12N2O2/c15-7-9-5-6-12(16-9)14-8-13-10-3-1-2-4-11(10)14/h1-6,8-9,12,15H,7H2. The summed E-state index contributed by atoms with van der Waals surface area (Å²) in [4.78, 5) is 4.30. The van der Waals surface area contributed by atoms with Crippen LogP contribution in [-0.2, 0) is 4.74 Å². The molecule has 82 valence electrons. The Morgan fingerprint density at radius 3 is 3.00 bits per heavy atom. The van der Waals surface area contributed by atoms with Gasteiger partial charge in [0.1, 0.15) is 6.10 Å². The first-order chi connectivity index (χ1) is 7.88. The number of rotatable bonds is 2. The van der Waals surface area contributed by atoms with Gasteiger partial charge < -0.3 is 14.4 Å². The predicted molar refractivity (Wildman–Crippen MR) is 59.9 cm³/mol. The van der Waals surface area contributed by atoms with Gasteiger partial charge in [0.2, 0.25) is 0 Å². The SMILES string of the molecule is OCC1C=CC(n2cnc3ccccc32)O1. The van der Waals surface area contributed by atoms with E-state index in [2.05, 4.69) is 4.98 Å². The van der Waals surface area contributed by atoms with Crippen molar-refractivity contribution in [1.82, 2.24) is 9.55 Å². The summed E-state index contributed by atoms with van der Waals surface area (Å²) >= 11 is 0. The first-order valence-electron chi connectivity index (χ1n) is 5.25. The molecular weight excluding hydrogens is 204 g/mol. The van der Waals surface area contributed by atoms with Crippen LogP contribution in [0.2, 0.25) is 0 Å². The maximum absolute atomic E-state index is 8.99. The number of para-hydroxylation sites is 2. The quantitative estimate of drug-likeness (QED) is 0.773. The van der Waals surface area contributed by atoms with Crippen molar-refractivity contribution in [2.24, 2.45) is 0 Å². The third kappa shape index (κ3) is 1.43. The highest BCUT2D eigenvalue weighted by molar-refractivity contribution is 5.75. The molecule has 0 saturated heterocycles. The molecule has 2 atom stereocenters. The summed E-state index contributed by atoms with van der Waals surface area (Å²) in [7, 11) is 0. The lowest BCUT2D eigenvalue weighted by atomic mass is 10.3. The summed E-state index contributed by atoms with van der Waals surface area (Å²) in [5.41, 5.74) is 1.99. The van der Waals surface area contributed by atoms with E-state index in [0.717, 1.165) is 11.0 Å². The zero-order valence-electron chi connectivity index (χ0n) is 8.65. The van der Waals surface area contributed by atoms with Crippen LogP contribution in [0.1, 0.15) is 6.23 Å². The second-order valence-corrected chi connectivity index (χ2v) is 3.77. The van der Waals surface area contributed by atoms with E-state index >= 15 is 0 Å². The number of aliphatic hydroxyl groups excluding tert-OH is 1. The van der Waals surface area contributed by atoms with Crippen LogP contribution >= 0.6 is 0 Å². The number of hydrogen-bond acceptors (Lipinski definition) is 3. The third-order valence-electron chi connectivity index (χ3n) is 2.74. The van der Waals surface area contributed by atoms with Crippen LogP contribution in [-0.4, -0.2) is 27.4 Å². The van der Waals surface area contributed by atoms with Crippen molar-refractivity contribution < 1.29 is 9.84 Å². The maximum atomic E-state index is 8.99. The van der Waals surface area contributed by atoms with Crippen LogP contribution in [0, 0.1) is 0 Å². The molecule has 0 saturated carbocycles. The van der Waals surface area contributed by atoms with E-state index in [4.69, 9.17) is 9.84 Å². The monoisotopic (exact) mass is 216 g/mol. The lowest BCUT2D eigenvalue weighted by Crippen LogP contribution is -2.14. The van der Waals surface area contributed by atoms with Gasteiger partial charge in [0.25, 0.3) is 0 Å². The molecule has 1 aliphatic rings. The van der Waals surface area contributed by atoms with E-state index in [1.165, 1.54) is 0 Å². The van der Waals surface area contributed by atoms with Gasteiger partial charge in [-0.15, -0.1) is 0 Å². The predicted octanol–water partition coefficient (Wildman–Crippen LogP) is 1.48. The van der Waals surface area contributed by atoms with Gasteiger partial charge in [-0.2, -0.15) is 0 Å². The first-order valence-corrected chi connectivity index (χ1v) is 5.25. The highest BCUT2D eigenvalue weighted by Gasteiger charge is 2.20. The van der Waals surface area contributed by atoms with Crippen LogP contribution in [0.4, 0.5) is 0 Å². The van der Waals surface area contributed by atoms with Crippen molar-refractivity contribution in [1.29, 1.82) is 0 Å². The normalized spacial score (nSPS) is 24.3. The van der Waals surface area contributed by atoms with E-state index in [1.54, 1.807) is 6.33 Å². The minimum absolute atomic E-state index is 0.0135. The molecule has 4 nitrogen and oxygen atoms in total. The first kappa shape index (κ1) is 9.57. The number of hydrogen-bond donors (Lipinski definition) is 1. The molecular formula is C12H12N2O2. The number of aliphatic hydroxyl groups is 1. The van der Waals surface area contributed by atoms with Gasteiger partial charge in [-0.1, -0.05) is 18.2 Å². The number of nitrogens with zero attached hydrogens (tertiary/aromatic N) is 2. The Hall–Kier alpha value is -1.65. The Morgan fingerprint density at radius 1 is 1.31 bits per heavy atom. The topological polar surface area (TPSA) is 47.3 Å². The fourth-order valence-corrected chi connectivity index (χ4v) is 1.93. The van der Waals surface area contributed by atoms with E-state index in [0.29, 0.717) is 0 Å². The zero-order valence-corrected chi connectivity index (χ0v) is 8.65. The van der Waals surface area contributed by atoms with Gasteiger partial charge >= 0.3 is 0 Å². The summed E-state index contributed by atoms with van der Waals surface area (Å²) in [6.45, 7) is 0.0135. The Labute approximate surface area is 92.8 Å². The summed E-state index contributed by atoms with van der Waals surface area (Å²) in [5, 5.41) is 8.99. The average Bonchev–Trinajstić information content (AvgIpc) is 2.94. The number of benzene rings is 1. The number of fused-ring (bicyclic) bond motifs is 1. The van der Waals surface area contributed by atoms with Crippen molar-refractivity contribution in [2.45, 2.75) is 12.3 Å². The van der Waals surface area contributed by atoms with E-state index < -0.39 is 0 Å². The second kappa shape index (κ2) is 3.73. The van der Waals surface area contributed by atoms with Gasteiger partial charge in [-0.3, -0.25) is 0 Å². The molecule has 2 unspecified atom stereocenters. The van der Waals surface area contributed by atoms with Crippen molar-refractivity contribution in [3.63, 3.8) is 0 Å². The molecule has 0 bridgehead atoms. The van der Waals surface area contributed by atoms with Gasteiger partial charge in [0, 0.05) is 0 Å². The third-order valence-corrected chi connectivity index (χ3v) is 2.74. The van der Waals surface area contributed by atoms with Crippen LogP contribution in [0.5, 0.6) is 0 Å². The largest absolute Gasteiger partial charge is 0.393 e. The summed E-state index contributed by atoms with van der Waals surface area (Å²) < 4.78 is 7.58. The van der Waals surface area contributed by atoms with Gasteiger partial charge in [-0.05, 0) is 18.2 Å². The fraction of sp³-hybridized carbons (Fsp3) is 0.250. The summed E-state index contributed by atoms with van der Waals surface area (Å²) in [5.74, 6) is 0. The molecule has 0 amide bonds. The molecule has 3 rings (SSSR count). The van der Waals surface area contributed by atoms with Crippen LogP contribution in [0.15, 0.2) is 42.7 Å². The van der Waals surface area contributed by atoms with Crippen LogP contribution in [0.3, 0.4) is 0 Å². The minimum atomic E-state index is -0.203. The number of imidazole rings is 1. The molecule has 1 aromatic carbocycles. The Morgan fingerprint density at radius 2 is 2.19 bits per heavy atom. The fourth-order valence-electron chi connectivity index (χ4n) is 1.93. The van der Waals surface area contributed by atoms with E-state index in [1.807, 2.05) is 41.0 Å². The molecule has 0 spiro atoms. The van der Waals surface area contributed by atoms with Gasteiger partial charge in [0.15, 0.2) is 6.23 Å². The highest BCUT2D eigenvalue weighted by atomic mass is 16.5. The second-order valence-electron chi connectivity index (χ2n) is 3.77. The molecule has 2 aromatic rings. The van der Waals surface area contributed by atoms with Crippen molar-refractivity contribution in [3.05, 3.63) is 42.7 Å². The Balaban J connectivity index is 1.98. The zero-order chi connectivity index (χ0) is 11.0. The van der Waals surface area contributed by atoms with Crippen LogP contribution < -0.4 is 0 Å². The summed E-state index contributed by atoms with van der Waals surface area (Å²) in [6, 6.07) is 7.91. The smallest absolute Gasteiger partial charge is 0.155 e. The van der Waals surface area contributed by atoms with Crippen LogP contribution in [0.25, 0.3) is 11.0 Å². The van der Waals surface area contributed by atoms with E-state index in [-0.39, 0.29) is 18.9 Å². The van der Waals surface area contributed by atoms with Gasteiger partial charge in [-0.25, -0.2) is 4.98 Å². The molecule has 1 aliphatic heterocycles. The van der Waals surface area contributed by atoms with Crippen molar-refractivity contribution in [2.75, 3.05) is 6.61 Å². The number of aromatic nitrogens is 2. The molecule has 16 heavy (non-hydrogen) atoms. The molecule has 0 fully saturated rings. The number of ether oxygens (including phenoxy) is 1. The lowest BCUT2D eigenvalue weighted by Gasteiger charge is -2.14. The molecule has 1 aromatic heterocycles. The highest BCUT2D eigenvalue weighted by Crippen LogP contribution is 2.24. The molecule has 1 N–H and O–H groups in total. The lowest BCUT2D eigenvalue weighted by molar-refractivity contribution is -0.00615. The van der Waals surface area contributed by atoms with Gasteiger partial charge in [0.05, 0.1) is 24.0 Å². The minimum Gasteiger partial charge on any atom is -0.393 e. The molecule has 4 heteroatoms. The van der Waals surface area contributed by atoms with E-state index in [9.17, 15) is 0 Å². The molecule has 0 aliphatic carbocycles. The maximum Gasteiger partial charge on any atom is 0.155 e. The van der Waals surface area contributed by atoms with Crippen molar-refractivity contribution in [3.8, 4) is 0 Å². The molecule has 2 heterocycles.